The summed E-state index contributed by atoms with van der Waals surface area (Å²) in [5.41, 5.74) is 0. The van der Waals surface area contributed by atoms with Crippen molar-refractivity contribution in [1.82, 2.24) is 0 Å². The molecule has 0 aromatic heterocycles. The van der Waals surface area contributed by atoms with E-state index in [0.717, 1.165) is 96.3 Å². The minimum atomic E-state index is -0.803. The molecule has 6 nitrogen and oxygen atoms in total. The highest BCUT2D eigenvalue weighted by molar-refractivity contribution is 5.71. The third-order valence-corrected chi connectivity index (χ3v) is 12.1. The molecule has 1 unspecified atom stereocenters. The minimum absolute atomic E-state index is 0.0960. The van der Waals surface area contributed by atoms with Gasteiger partial charge in [-0.25, -0.2) is 0 Å². The summed E-state index contributed by atoms with van der Waals surface area (Å²) in [6, 6.07) is 0. The Hall–Kier alpha value is -3.41. The standard InChI is InChI=1S/C62H106O6/c1-4-7-10-13-16-19-22-25-28-29-30-31-32-33-35-37-40-43-46-49-52-55-61(64)67-58-59(57-66-60(63)54-51-48-45-42-39-36-27-24-21-18-15-12-9-6-3)68-62(65)56-53-50-47-44-41-38-34-26-23-20-17-14-11-8-5-2/h8,11,17,20,22,25-26,29-30,32-34,41,44,59H,4-7,9-10,12-16,18-19,21,23-24,27-28,31,35-40,42-43,45-58H2,1-3H3/b11-8-,20-17-,25-22-,30-29-,33-32-,34-26-,44-41-. The van der Waals surface area contributed by atoms with E-state index in [9.17, 15) is 14.4 Å². The fourth-order valence-electron chi connectivity index (χ4n) is 7.85. The van der Waals surface area contributed by atoms with E-state index in [-0.39, 0.29) is 37.5 Å². The van der Waals surface area contributed by atoms with Gasteiger partial charge in [-0.3, -0.25) is 14.4 Å². The second-order valence-electron chi connectivity index (χ2n) is 18.8. The molecule has 0 aromatic carbocycles. The van der Waals surface area contributed by atoms with Crippen LogP contribution in [0.4, 0.5) is 0 Å². The topological polar surface area (TPSA) is 78.9 Å². The maximum atomic E-state index is 12.8. The van der Waals surface area contributed by atoms with Crippen LogP contribution in [0.1, 0.15) is 271 Å². The molecule has 0 aliphatic carbocycles. The first-order chi connectivity index (χ1) is 33.5. The van der Waals surface area contributed by atoms with Crippen LogP contribution in [0.15, 0.2) is 85.1 Å². The fraction of sp³-hybridized carbons (Fsp3) is 0.726. The van der Waals surface area contributed by atoms with Crippen molar-refractivity contribution in [1.29, 1.82) is 0 Å². The highest BCUT2D eigenvalue weighted by atomic mass is 16.6. The largest absolute Gasteiger partial charge is 0.462 e. The maximum absolute atomic E-state index is 12.8. The molecule has 390 valence electrons. The van der Waals surface area contributed by atoms with Gasteiger partial charge in [0.05, 0.1) is 0 Å². The van der Waals surface area contributed by atoms with Gasteiger partial charge in [-0.15, -0.1) is 0 Å². The average Bonchev–Trinajstić information content (AvgIpc) is 3.34. The second kappa shape index (κ2) is 56.2. The molecule has 0 N–H and O–H groups in total. The number of hydrogen-bond donors (Lipinski definition) is 0. The smallest absolute Gasteiger partial charge is 0.306 e. The van der Waals surface area contributed by atoms with Crippen LogP contribution in [0.25, 0.3) is 0 Å². The molecule has 1 atom stereocenters. The summed E-state index contributed by atoms with van der Waals surface area (Å²) in [6.07, 6.45) is 72.9. The summed E-state index contributed by atoms with van der Waals surface area (Å²) < 4.78 is 16.8. The lowest BCUT2D eigenvalue weighted by molar-refractivity contribution is -0.167. The van der Waals surface area contributed by atoms with Crippen LogP contribution in [0.5, 0.6) is 0 Å². The molecular formula is C62H106O6. The molecule has 0 amide bonds. The van der Waals surface area contributed by atoms with E-state index in [4.69, 9.17) is 14.2 Å². The normalized spacial score (nSPS) is 12.7. The van der Waals surface area contributed by atoms with Gasteiger partial charge in [0.1, 0.15) is 13.2 Å². The molecule has 0 rings (SSSR count). The summed E-state index contributed by atoms with van der Waals surface area (Å²) in [7, 11) is 0. The predicted molar refractivity (Wildman–Crippen MR) is 293 cm³/mol. The number of esters is 3. The van der Waals surface area contributed by atoms with Crippen molar-refractivity contribution in [3.05, 3.63) is 85.1 Å². The molecule has 0 radical (unpaired) electrons. The van der Waals surface area contributed by atoms with Crippen LogP contribution in [-0.2, 0) is 28.6 Å². The highest BCUT2D eigenvalue weighted by Crippen LogP contribution is 2.15. The number of unbranched alkanes of at least 4 members (excludes halogenated alkanes) is 26. The van der Waals surface area contributed by atoms with Crippen molar-refractivity contribution in [2.24, 2.45) is 0 Å². The third-order valence-electron chi connectivity index (χ3n) is 12.1. The Kier molecular flexibility index (Phi) is 53.4. The minimum Gasteiger partial charge on any atom is -0.462 e. The zero-order chi connectivity index (χ0) is 49.3. The van der Waals surface area contributed by atoms with Gasteiger partial charge in [0.25, 0.3) is 0 Å². The maximum Gasteiger partial charge on any atom is 0.306 e. The first-order valence-electron chi connectivity index (χ1n) is 28.6. The van der Waals surface area contributed by atoms with Gasteiger partial charge in [-0.05, 0) is 96.3 Å². The summed E-state index contributed by atoms with van der Waals surface area (Å²) in [6.45, 7) is 6.48. The molecule has 6 heteroatoms. The second-order valence-corrected chi connectivity index (χ2v) is 18.8. The number of rotatable bonds is 51. The number of carbonyl (C=O) groups is 3. The van der Waals surface area contributed by atoms with Crippen LogP contribution in [0.2, 0.25) is 0 Å². The fourth-order valence-corrected chi connectivity index (χ4v) is 7.85. The summed E-state index contributed by atoms with van der Waals surface area (Å²) in [5.74, 6) is -0.945. The van der Waals surface area contributed by atoms with Crippen molar-refractivity contribution in [3.63, 3.8) is 0 Å². The van der Waals surface area contributed by atoms with Crippen LogP contribution in [-0.4, -0.2) is 37.2 Å². The Labute approximate surface area is 420 Å². The Morgan fingerprint density at radius 1 is 0.309 bits per heavy atom. The molecule has 0 aliphatic heterocycles. The van der Waals surface area contributed by atoms with E-state index >= 15 is 0 Å². The third kappa shape index (κ3) is 53.5. The van der Waals surface area contributed by atoms with Crippen LogP contribution >= 0.6 is 0 Å². The summed E-state index contributed by atoms with van der Waals surface area (Å²) in [4.78, 5) is 38.1. The van der Waals surface area contributed by atoms with Gasteiger partial charge in [-0.2, -0.15) is 0 Å². The first kappa shape index (κ1) is 64.6. The van der Waals surface area contributed by atoms with Gasteiger partial charge in [0, 0.05) is 19.3 Å². The molecule has 0 heterocycles. The Morgan fingerprint density at radius 2 is 0.574 bits per heavy atom. The van der Waals surface area contributed by atoms with Crippen molar-refractivity contribution < 1.29 is 28.6 Å². The van der Waals surface area contributed by atoms with Crippen LogP contribution in [0.3, 0.4) is 0 Å². The molecule has 0 bridgehead atoms. The van der Waals surface area contributed by atoms with Gasteiger partial charge >= 0.3 is 17.9 Å². The summed E-state index contributed by atoms with van der Waals surface area (Å²) >= 11 is 0. The SMILES string of the molecule is CC/C=C\C/C=C\C/C=C\C/C=C\CCCCC(=O)OC(COC(=O)CCCCCCCC/C=C\C/C=C\C/C=C\CCCCCCC)COC(=O)CCCCCCCCCCCCCCCC. The lowest BCUT2D eigenvalue weighted by atomic mass is 10.0. The molecule has 0 saturated carbocycles. The van der Waals surface area contributed by atoms with E-state index in [1.807, 2.05) is 0 Å². The number of allylic oxidation sites excluding steroid dienone is 14. The Bertz CT molecular complexity index is 1320. The Balaban J connectivity index is 4.43. The zero-order valence-corrected chi connectivity index (χ0v) is 44.6. The first-order valence-corrected chi connectivity index (χ1v) is 28.6. The molecule has 68 heavy (non-hydrogen) atoms. The lowest BCUT2D eigenvalue weighted by Crippen LogP contribution is -2.30. The molecule has 0 fully saturated rings. The van der Waals surface area contributed by atoms with Crippen molar-refractivity contribution in [2.75, 3.05) is 13.2 Å². The average molecular weight is 948 g/mol. The van der Waals surface area contributed by atoms with Gasteiger partial charge in [0.2, 0.25) is 0 Å². The predicted octanol–water partition coefficient (Wildman–Crippen LogP) is 19.2. The lowest BCUT2D eigenvalue weighted by Gasteiger charge is -2.18. The Morgan fingerprint density at radius 3 is 0.926 bits per heavy atom. The van der Waals surface area contributed by atoms with E-state index in [2.05, 4.69) is 106 Å². The number of carbonyl (C=O) groups excluding carboxylic acids is 3. The van der Waals surface area contributed by atoms with E-state index in [1.54, 1.807) is 0 Å². The van der Waals surface area contributed by atoms with Crippen molar-refractivity contribution in [2.45, 2.75) is 277 Å². The van der Waals surface area contributed by atoms with Gasteiger partial charge in [0.15, 0.2) is 6.10 Å². The molecule has 0 spiro atoms. The van der Waals surface area contributed by atoms with Crippen molar-refractivity contribution in [3.8, 4) is 0 Å². The molecule has 0 aliphatic rings. The van der Waals surface area contributed by atoms with Crippen LogP contribution < -0.4 is 0 Å². The molecular weight excluding hydrogens is 841 g/mol. The highest BCUT2D eigenvalue weighted by Gasteiger charge is 2.19. The zero-order valence-electron chi connectivity index (χ0n) is 44.6. The van der Waals surface area contributed by atoms with Crippen LogP contribution in [0, 0.1) is 0 Å². The van der Waals surface area contributed by atoms with Gasteiger partial charge in [-0.1, -0.05) is 241 Å². The quantitative estimate of drug-likeness (QED) is 0.0262. The summed E-state index contributed by atoms with van der Waals surface area (Å²) in [5, 5.41) is 0. The van der Waals surface area contributed by atoms with Crippen molar-refractivity contribution >= 4 is 17.9 Å². The van der Waals surface area contributed by atoms with E-state index in [1.165, 1.54) is 128 Å². The van der Waals surface area contributed by atoms with E-state index < -0.39 is 6.10 Å². The molecule has 0 saturated heterocycles. The number of hydrogen-bond acceptors (Lipinski definition) is 6. The monoisotopic (exact) mass is 947 g/mol. The number of ether oxygens (including phenoxy) is 3. The van der Waals surface area contributed by atoms with E-state index in [0.29, 0.717) is 19.3 Å². The van der Waals surface area contributed by atoms with Gasteiger partial charge < -0.3 is 14.2 Å². The molecule has 0 aromatic rings.